The molecule has 2 atom stereocenters. The van der Waals surface area contributed by atoms with Gasteiger partial charge in [0, 0.05) is 23.6 Å². The van der Waals surface area contributed by atoms with Crippen LogP contribution in [0.2, 0.25) is 0 Å². The molecule has 0 N–H and O–H groups in total. The van der Waals surface area contributed by atoms with Crippen LogP contribution in [0, 0.1) is 22.7 Å². The number of carbonyl (C=O) groups excluding carboxylic acids is 1. The Morgan fingerprint density at radius 3 is 2.50 bits per heavy atom. The van der Waals surface area contributed by atoms with Crippen molar-refractivity contribution in [1.29, 1.82) is 5.26 Å². The van der Waals surface area contributed by atoms with Gasteiger partial charge in [-0.2, -0.15) is 5.26 Å². The van der Waals surface area contributed by atoms with Crippen LogP contribution in [-0.2, 0) is 17.4 Å². The molecule has 1 saturated carbocycles. The van der Waals surface area contributed by atoms with E-state index in [0.29, 0.717) is 29.9 Å². The standard InChI is InChI=1S/C20H22N2O3S/c1-20(2)8-13-18(14(23)9-20)17(12(10-21)19(26)22-13)11-5-6-15(24-3)16(7-11)25-4/h5-7,17-18,26H,8-9H2,1-4H3/p-1/t17-,18?/m1/s1. The van der Waals surface area contributed by atoms with Crippen LogP contribution >= 0.6 is 0 Å². The van der Waals surface area contributed by atoms with Gasteiger partial charge in [0.2, 0.25) is 0 Å². The first kappa shape index (κ1) is 18.4. The number of ether oxygens (including phenoxy) is 2. The highest BCUT2D eigenvalue weighted by molar-refractivity contribution is 7.63. The lowest BCUT2D eigenvalue weighted by Crippen LogP contribution is -2.42. The Bertz CT molecular complexity index is 864. The average Bonchev–Trinajstić information content (AvgIpc) is 2.58. The first-order valence-corrected chi connectivity index (χ1v) is 8.85. The van der Waals surface area contributed by atoms with Gasteiger partial charge in [0.1, 0.15) is 5.78 Å². The van der Waals surface area contributed by atoms with Crippen molar-refractivity contribution in [2.75, 3.05) is 14.2 Å². The number of allylic oxidation sites excluding steroid dienone is 1. The van der Waals surface area contributed by atoms with Gasteiger partial charge in [-0.05, 0) is 29.5 Å². The summed E-state index contributed by atoms with van der Waals surface area (Å²) in [6, 6.07) is 7.66. The summed E-state index contributed by atoms with van der Waals surface area (Å²) in [6.07, 6.45) is 1.16. The number of fused-ring (bicyclic) bond motifs is 1. The number of Topliss-reactive ketones (excluding diaryl/α,β-unsaturated/α-hetero) is 1. The molecule has 0 spiro atoms. The molecule has 0 bridgehead atoms. The molecule has 1 aliphatic heterocycles. The fourth-order valence-corrected chi connectivity index (χ4v) is 4.22. The van der Waals surface area contributed by atoms with Crippen LogP contribution in [0.5, 0.6) is 11.5 Å². The van der Waals surface area contributed by atoms with Gasteiger partial charge >= 0.3 is 0 Å². The molecule has 1 aromatic carbocycles. The van der Waals surface area contributed by atoms with Crippen molar-refractivity contribution in [1.82, 2.24) is 0 Å². The van der Waals surface area contributed by atoms with Gasteiger partial charge in [-0.15, -0.1) is 0 Å². The third-order valence-corrected chi connectivity index (χ3v) is 5.34. The minimum Gasteiger partial charge on any atom is -0.759 e. The molecule has 0 aromatic heterocycles. The summed E-state index contributed by atoms with van der Waals surface area (Å²) in [5, 5.41) is 9.97. The van der Waals surface area contributed by atoms with Crippen LogP contribution in [0.25, 0.3) is 0 Å². The van der Waals surface area contributed by atoms with Crippen LogP contribution < -0.4 is 9.47 Å². The molecule has 1 aliphatic carbocycles. The Morgan fingerprint density at radius 1 is 1.19 bits per heavy atom. The van der Waals surface area contributed by atoms with Gasteiger partial charge in [0.15, 0.2) is 11.5 Å². The van der Waals surface area contributed by atoms with E-state index in [1.54, 1.807) is 20.3 Å². The number of aliphatic imine (C=N–C) groups is 1. The second kappa shape index (κ2) is 6.73. The van der Waals surface area contributed by atoms with E-state index < -0.39 is 11.8 Å². The Kier molecular flexibility index (Phi) is 4.76. The van der Waals surface area contributed by atoms with Gasteiger partial charge in [-0.25, -0.2) is 0 Å². The Morgan fingerprint density at radius 2 is 1.88 bits per heavy atom. The maximum atomic E-state index is 13.0. The van der Waals surface area contributed by atoms with E-state index in [1.807, 2.05) is 12.1 Å². The predicted octanol–water partition coefficient (Wildman–Crippen LogP) is 3.53. The normalized spacial score (nSPS) is 24.4. The summed E-state index contributed by atoms with van der Waals surface area (Å²) in [5.41, 5.74) is 1.82. The molecule has 1 heterocycles. The fourth-order valence-electron chi connectivity index (χ4n) is 3.93. The first-order valence-electron chi connectivity index (χ1n) is 8.44. The van der Waals surface area contributed by atoms with E-state index in [2.05, 4.69) is 24.9 Å². The zero-order valence-electron chi connectivity index (χ0n) is 15.3. The summed E-state index contributed by atoms with van der Waals surface area (Å²) >= 11 is 5.38. The summed E-state index contributed by atoms with van der Waals surface area (Å²) in [7, 11) is 3.13. The van der Waals surface area contributed by atoms with Gasteiger partial charge < -0.3 is 22.1 Å². The number of nitriles is 1. The second-order valence-corrected chi connectivity index (χ2v) is 7.87. The molecule has 1 fully saturated rings. The summed E-state index contributed by atoms with van der Waals surface area (Å²) < 4.78 is 10.7. The Balaban J connectivity index is 2.15. The quantitative estimate of drug-likeness (QED) is 0.762. The highest BCUT2D eigenvalue weighted by atomic mass is 32.1. The van der Waals surface area contributed by atoms with Crippen LogP contribution in [0.3, 0.4) is 0 Å². The first-order chi connectivity index (χ1) is 12.3. The molecular formula is C20H21N2O3S-. The third kappa shape index (κ3) is 3.08. The van der Waals surface area contributed by atoms with Gasteiger partial charge in [0.05, 0.1) is 26.2 Å². The average molecular weight is 369 g/mol. The molecule has 136 valence electrons. The number of methoxy groups -OCH3 is 2. The van der Waals surface area contributed by atoms with Gasteiger partial charge in [-0.3, -0.25) is 9.79 Å². The summed E-state index contributed by atoms with van der Waals surface area (Å²) in [4.78, 5) is 17.4. The number of carbonyl (C=O) groups is 1. The van der Waals surface area contributed by atoms with Crippen molar-refractivity contribution in [3.8, 4) is 17.6 Å². The molecule has 0 amide bonds. The van der Waals surface area contributed by atoms with E-state index in [9.17, 15) is 10.1 Å². The highest BCUT2D eigenvalue weighted by Crippen LogP contribution is 2.47. The molecule has 0 saturated heterocycles. The van der Waals surface area contributed by atoms with Crippen LogP contribution in [-0.4, -0.2) is 25.7 Å². The van der Waals surface area contributed by atoms with E-state index >= 15 is 0 Å². The van der Waals surface area contributed by atoms with Crippen LogP contribution in [0.1, 0.15) is 38.2 Å². The van der Waals surface area contributed by atoms with E-state index in [1.165, 1.54) is 0 Å². The van der Waals surface area contributed by atoms with Crippen LogP contribution in [0.15, 0.2) is 33.8 Å². The molecule has 26 heavy (non-hydrogen) atoms. The lowest BCUT2D eigenvalue weighted by atomic mass is 9.64. The number of benzene rings is 1. The molecule has 2 aliphatic rings. The number of ketones is 1. The van der Waals surface area contributed by atoms with Crippen LogP contribution in [0.4, 0.5) is 0 Å². The van der Waals surface area contributed by atoms with Crippen molar-refractivity contribution in [3.63, 3.8) is 0 Å². The largest absolute Gasteiger partial charge is 0.759 e. The number of hydrogen-bond acceptors (Lipinski definition) is 6. The molecule has 1 unspecified atom stereocenters. The molecule has 6 heteroatoms. The molecular weight excluding hydrogens is 348 g/mol. The molecule has 3 rings (SSSR count). The van der Waals surface area contributed by atoms with Crippen molar-refractivity contribution >= 4 is 24.1 Å². The number of hydrogen-bond donors (Lipinski definition) is 0. The predicted molar refractivity (Wildman–Crippen MR) is 101 cm³/mol. The summed E-state index contributed by atoms with van der Waals surface area (Å²) in [6.45, 7) is 4.11. The van der Waals surface area contributed by atoms with E-state index in [4.69, 9.17) is 22.1 Å². The zero-order valence-corrected chi connectivity index (χ0v) is 16.1. The van der Waals surface area contributed by atoms with Gasteiger partial charge in [-0.1, -0.05) is 24.9 Å². The monoisotopic (exact) mass is 369 g/mol. The summed E-state index contributed by atoms with van der Waals surface area (Å²) in [5.74, 6) is 0.389. The Hall–Kier alpha value is -2.39. The lowest BCUT2D eigenvalue weighted by Gasteiger charge is -2.41. The van der Waals surface area contributed by atoms with E-state index in [0.717, 1.165) is 11.3 Å². The SMILES string of the molecule is COc1ccc([C@@H]2C(C#N)=C([S-])N=C3CC(C)(C)CC(=O)C32)cc1OC. The second-order valence-electron chi connectivity index (χ2n) is 7.49. The number of rotatable bonds is 3. The minimum absolute atomic E-state index is 0.107. The highest BCUT2D eigenvalue weighted by Gasteiger charge is 2.45. The smallest absolute Gasteiger partial charge is 0.161 e. The lowest BCUT2D eigenvalue weighted by molar-refractivity contribution is -0.124. The van der Waals surface area contributed by atoms with E-state index in [-0.39, 0.29) is 16.2 Å². The van der Waals surface area contributed by atoms with Crippen molar-refractivity contribution < 1.29 is 14.3 Å². The van der Waals surface area contributed by atoms with Gasteiger partial charge in [0.25, 0.3) is 0 Å². The Labute approximate surface area is 159 Å². The fraction of sp³-hybridized carbons (Fsp3) is 0.450. The third-order valence-electron chi connectivity index (χ3n) is 5.03. The topological polar surface area (TPSA) is 71.7 Å². The van der Waals surface area contributed by atoms with Crippen molar-refractivity contribution in [2.24, 2.45) is 16.3 Å². The molecule has 1 aromatic rings. The zero-order chi connectivity index (χ0) is 19.1. The van der Waals surface area contributed by atoms with Crippen molar-refractivity contribution in [2.45, 2.75) is 32.6 Å². The molecule has 5 nitrogen and oxygen atoms in total. The maximum Gasteiger partial charge on any atom is 0.161 e. The maximum absolute atomic E-state index is 13.0. The number of nitrogens with zero attached hydrogens (tertiary/aromatic N) is 2. The van der Waals surface area contributed by atoms with Crippen molar-refractivity contribution in [3.05, 3.63) is 34.4 Å². The minimum atomic E-state index is -0.442. The molecule has 0 radical (unpaired) electrons.